The first kappa shape index (κ1) is 11.1. The molecule has 0 amide bonds. The number of hydrogen-bond donors (Lipinski definition) is 2. The van der Waals surface area contributed by atoms with Gasteiger partial charge in [-0.25, -0.2) is 9.78 Å². The smallest absolute Gasteiger partial charge is 0.356 e. The summed E-state index contributed by atoms with van der Waals surface area (Å²) in [6, 6.07) is 7.33. The maximum absolute atomic E-state index is 11.0. The lowest BCUT2D eigenvalue weighted by Crippen LogP contribution is -1.99. The second-order valence-electron chi connectivity index (χ2n) is 3.04. The average Bonchev–Trinajstić information content (AvgIpc) is 2.61. The quantitative estimate of drug-likeness (QED) is 0.894. The molecule has 6 heteroatoms. The molecule has 2 rings (SSSR count). The van der Waals surface area contributed by atoms with Crippen LogP contribution in [0.25, 0.3) is 10.4 Å². The van der Waals surface area contributed by atoms with E-state index in [9.17, 15) is 4.79 Å². The molecule has 0 bridgehead atoms. The molecule has 3 N–H and O–H groups in total. The Hall–Kier alpha value is -1.40. The topological polar surface area (TPSA) is 76.2 Å². The highest BCUT2D eigenvalue weighted by atomic mass is 79.9. The van der Waals surface area contributed by atoms with E-state index < -0.39 is 5.97 Å². The molecule has 16 heavy (non-hydrogen) atoms. The predicted molar refractivity (Wildman–Crippen MR) is 66.6 cm³/mol. The summed E-state index contributed by atoms with van der Waals surface area (Å²) < 4.78 is 0.936. The number of carboxylic acid groups (broad SMARTS) is 1. The van der Waals surface area contributed by atoms with Crippen molar-refractivity contribution in [2.75, 3.05) is 5.73 Å². The largest absolute Gasteiger partial charge is 0.476 e. The summed E-state index contributed by atoms with van der Waals surface area (Å²) in [6.45, 7) is 0. The Bertz CT molecular complexity index is 536. The van der Waals surface area contributed by atoms with Crippen LogP contribution in [-0.4, -0.2) is 16.1 Å². The molecule has 1 aromatic heterocycles. The molecule has 2 aromatic rings. The number of aromatic carboxylic acids is 1. The minimum atomic E-state index is -1.06. The molecule has 1 heterocycles. The zero-order chi connectivity index (χ0) is 11.7. The molecule has 0 unspecified atom stereocenters. The number of thiazole rings is 1. The normalized spacial score (nSPS) is 10.3. The van der Waals surface area contributed by atoms with Crippen molar-refractivity contribution >= 4 is 38.4 Å². The summed E-state index contributed by atoms with van der Waals surface area (Å²) in [6.07, 6.45) is 0. The highest BCUT2D eigenvalue weighted by molar-refractivity contribution is 9.10. The average molecular weight is 299 g/mol. The molecule has 82 valence electrons. The Labute approximate surface area is 104 Å². The second-order valence-corrected chi connectivity index (χ2v) is 4.99. The van der Waals surface area contributed by atoms with Crippen LogP contribution in [-0.2, 0) is 0 Å². The Morgan fingerprint density at radius 3 is 2.56 bits per heavy atom. The highest BCUT2D eigenvalue weighted by Crippen LogP contribution is 2.32. The van der Waals surface area contributed by atoms with E-state index in [2.05, 4.69) is 20.9 Å². The molecule has 1 aromatic carbocycles. The van der Waals surface area contributed by atoms with Gasteiger partial charge < -0.3 is 10.8 Å². The van der Waals surface area contributed by atoms with E-state index in [0.29, 0.717) is 4.88 Å². The molecular formula is C10H7BrN2O2S. The van der Waals surface area contributed by atoms with Gasteiger partial charge in [-0.3, -0.25) is 0 Å². The monoisotopic (exact) mass is 298 g/mol. The summed E-state index contributed by atoms with van der Waals surface area (Å²) in [7, 11) is 0. The summed E-state index contributed by atoms with van der Waals surface area (Å²) in [4.78, 5) is 15.3. The van der Waals surface area contributed by atoms with Gasteiger partial charge in [0.05, 0.1) is 4.88 Å². The van der Waals surface area contributed by atoms with E-state index in [0.717, 1.165) is 10.0 Å². The van der Waals surface area contributed by atoms with Gasteiger partial charge >= 0.3 is 5.97 Å². The minimum Gasteiger partial charge on any atom is -0.476 e. The van der Waals surface area contributed by atoms with Crippen molar-refractivity contribution in [3.05, 3.63) is 34.4 Å². The Morgan fingerprint density at radius 1 is 1.38 bits per heavy atom. The second kappa shape index (κ2) is 4.23. The zero-order valence-electron chi connectivity index (χ0n) is 7.98. The number of rotatable bonds is 2. The first-order valence-corrected chi connectivity index (χ1v) is 5.94. The first-order chi connectivity index (χ1) is 7.58. The van der Waals surface area contributed by atoms with Crippen LogP contribution in [0.15, 0.2) is 28.7 Å². The fraction of sp³-hybridized carbons (Fsp3) is 0. The number of carboxylic acids is 1. The molecule has 0 saturated carbocycles. The third-order valence-corrected chi connectivity index (χ3v) is 3.41. The zero-order valence-corrected chi connectivity index (χ0v) is 10.4. The van der Waals surface area contributed by atoms with Gasteiger partial charge in [0.2, 0.25) is 0 Å². The lowest BCUT2D eigenvalue weighted by Gasteiger charge is -1.98. The molecular weight excluding hydrogens is 292 g/mol. The van der Waals surface area contributed by atoms with Crippen molar-refractivity contribution in [1.82, 2.24) is 4.98 Å². The van der Waals surface area contributed by atoms with Crippen molar-refractivity contribution in [2.45, 2.75) is 0 Å². The van der Waals surface area contributed by atoms with Crippen molar-refractivity contribution in [3.63, 3.8) is 0 Å². The lowest BCUT2D eigenvalue weighted by atomic mass is 10.1. The minimum absolute atomic E-state index is 0.00447. The van der Waals surface area contributed by atoms with Gasteiger partial charge in [-0.2, -0.15) is 0 Å². The Kier molecular flexibility index (Phi) is 2.93. The van der Waals surface area contributed by atoms with Crippen molar-refractivity contribution in [3.8, 4) is 10.4 Å². The van der Waals surface area contributed by atoms with Gasteiger partial charge in [0.25, 0.3) is 0 Å². The van der Waals surface area contributed by atoms with E-state index >= 15 is 0 Å². The summed E-state index contributed by atoms with van der Waals surface area (Å²) in [5.74, 6) is -1.06. The number of halogens is 1. The van der Waals surface area contributed by atoms with Gasteiger partial charge in [0.15, 0.2) is 10.8 Å². The molecule has 0 spiro atoms. The molecule has 0 aliphatic heterocycles. The fourth-order valence-electron chi connectivity index (χ4n) is 1.28. The maximum Gasteiger partial charge on any atom is 0.356 e. The van der Waals surface area contributed by atoms with Crippen LogP contribution in [0.4, 0.5) is 5.13 Å². The van der Waals surface area contributed by atoms with E-state index in [1.54, 1.807) is 0 Å². The third-order valence-electron chi connectivity index (χ3n) is 1.95. The third kappa shape index (κ3) is 2.07. The molecule has 0 fully saturated rings. The highest BCUT2D eigenvalue weighted by Gasteiger charge is 2.17. The SMILES string of the molecule is Nc1nc(C(=O)O)c(-c2ccc(Br)cc2)s1. The van der Waals surface area contributed by atoms with Crippen LogP contribution in [0.3, 0.4) is 0 Å². The van der Waals surface area contributed by atoms with Gasteiger partial charge in [-0.15, -0.1) is 0 Å². The summed E-state index contributed by atoms with van der Waals surface area (Å²) in [5.41, 5.74) is 6.32. The number of nitrogen functional groups attached to an aromatic ring is 1. The number of benzene rings is 1. The van der Waals surface area contributed by atoms with Crippen LogP contribution in [0, 0.1) is 0 Å². The van der Waals surface area contributed by atoms with Crippen LogP contribution >= 0.6 is 27.3 Å². The van der Waals surface area contributed by atoms with Crippen molar-refractivity contribution in [2.24, 2.45) is 0 Å². The molecule has 0 aliphatic carbocycles. The summed E-state index contributed by atoms with van der Waals surface area (Å²) >= 11 is 4.49. The number of nitrogens with zero attached hydrogens (tertiary/aromatic N) is 1. The van der Waals surface area contributed by atoms with E-state index in [1.807, 2.05) is 24.3 Å². The molecule has 4 nitrogen and oxygen atoms in total. The Morgan fingerprint density at radius 2 is 2.00 bits per heavy atom. The number of nitrogens with two attached hydrogens (primary N) is 1. The predicted octanol–water partition coefficient (Wildman–Crippen LogP) is 2.85. The van der Waals surface area contributed by atoms with E-state index in [4.69, 9.17) is 10.8 Å². The number of anilines is 1. The van der Waals surface area contributed by atoms with Gasteiger partial charge in [-0.1, -0.05) is 39.4 Å². The Balaban J connectivity index is 2.55. The lowest BCUT2D eigenvalue weighted by molar-refractivity contribution is 0.0692. The van der Waals surface area contributed by atoms with E-state index in [1.165, 1.54) is 11.3 Å². The molecule has 0 atom stereocenters. The van der Waals surface area contributed by atoms with Gasteiger partial charge in [0.1, 0.15) is 0 Å². The summed E-state index contributed by atoms with van der Waals surface area (Å²) in [5, 5.41) is 9.23. The van der Waals surface area contributed by atoms with Crippen molar-refractivity contribution < 1.29 is 9.90 Å². The van der Waals surface area contributed by atoms with Crippen LogP contribution in [0.1, 0.15) is 10.5 Å². The maximum atomic E-state index is 11.0. The number of carbonyl (C=O) groups is 1. The fourth-order valence-corrected chi connectivity index (χ4v) is 2.37. The molecule has 0 radical (unpaired) electrons. The van der Waals surface area contributed by atoms with Crippen LogP contribution in [0.5, 0.6) is 0 Å². The van der Waals surface area contributed by atoms with Crippen LogP contribution in [0.2, 0.25) is 0 Å². The molecule has 0 aliphatic rings. The molecule has 0 saturated heterocycles. The van der Waals surface area contributed by atoms with E-state index in [-0.39, 0.29) is 10.8 Å². The standard InChI is InChI=1S/C10H7BrN2O2S/c11-6-3-1-5(2-4-6)8-7(9(14)15)13-10(12)16-8/h1-4H,(H2,12,13)(H,14,15). The van der Waals surface area contributed by atoms with Gasteiger partial charge in [0, 0.05) is 4.47 Å². The number of hydrogen-bond acceptors (Lipinski definition) is 4. The van der Waals surface area contributed by atoms with Crippen LogP contribution < -0.4 is 5.73 Å². The van der Waals surface area contributed by atoms with Gasteiger partial charge in [-0.05, 0) is 17.7 Å². The van der Waals surface area contributed by atoms with Crippen molar-refractivity contribution in [1.29, 1.82) is 0 Å². The number of aromatic nitrogens is 1. The first-order valence-electron chi connectivity index (χ1n) is 4.33.